The van der Waals surface area contributed by atoms with Crippen LogP contribution in [-0.4, -0.2) is 5.91 Å². The van der Waals surface area contributed by atoms with E-state index in [1.807, 2.05) is 12.1 Å². The number of benzene rings is 1. The van der Waals surface area contributed by atoms with Crippen molar-refractivity contribution in [2.24, 2.45) is 5.73 Å². The Balaban J connectivity index is 2.75. The first-order valence-electron chi connectivity index (χ1n) is 3.66. The molecule has 0 spiro atoms. The molecule has 0 saturated carbocycles. The summed E-state index contributed by atoms with van der Waals surface area (Å²) < 4.78 is 0.915. The van der Waals surface area contributed by atoms with Crippen LogP contribution in [-0.2, 0) is 0 Å². The lowest BCUT2D eigenvalue weighted by Gasteiger charge is -1.89. The van der Waals surface area contributed by atoms with E-state index in [2.05, 4.69) is 0 Å². The molecular weight excluding hydrogens is 206 g/mol. The van der Waals surface area contributed by atoms with Crippen LogP contribution >= 0.6 is 22.9 Å². The molecule has 2 rings (SSSR count). The third kappa shape index (κ3) is 1.41. The van der Waals surface area contributed by atoms with Crippen molar-refractivity contribution in [3.05, 3.63) is 34.2 Å². The fourth-order valence-corrected chi connectivity index (χ4v) is 2.36. The molecule has 0 radical (unpaired) electrons. The zero-order chi connectivity index (χ0) is 9.42. The maximum Gasteiger partial charge on any atom is 0.258 e. The van der Waals surface area contributed by atoms with Gasteiger partial charge in [0.25, 0.3) is 5.91 Å². The summed E-state index contributed by atoms with van der Waals surface area (Å²) in [6, 6.07) is 7.31. The highest BCUT2D eigenvalue weighted by Gasteiger charge is 2.07. The van der Waals surface area contributed by atoms with Crippen LogP contribution in [0.3, 0.4) is 0 Å². The molecule has 1 amide bonds. The van der Waals surface area contributed by atoms with Crippen molar-refractivity contribution in [3.8, 4) is 0 Å². The SMILES string of the molecule is NC(=O)c1cc2cccc(Cl)c2s1. The van der Waals surface area contributed by atoms with Gasteiger partial charge in [-0.05, 0) is 17.5 Å². The number of fused-ring (bicyclic) bond motifs is 1. The molecule has 0 aliphatic rings. The molecule has 0 atom stereocenters. The van der Waals surface area contributed by atoms with E-state index >= 15 is 0 Å². The molecule has 1 heterocycles. The zero-order valence-electron chi connectivity index (χ0n) is 6.58. The van der Waals surface area contributed by atoms with E-state index in [4.69, 9.17) is 17.3 Å². The van der Waals surface area contributed by atoms with Crippen LogP contribution < -0.4 is 5.73 Å². The van der Waals surface area contributed by atoms with Gasteiger partial charge in [-0.15, -0.1) is 11.3 Å². The van der Waals surface area contributed by atoms with Gasteiger partial charge in [0.2, 0.25) is 0 Å². The van der Waals surface area contributed by atoms with E-state index < -0.39 is 5.91 Å². The van der Waals surface area contributed by atoms with Gasteiger partial charge >= 0.3 is 0 Å². The van der Waals surface area contributed by atoms with E-state index in [-0.39, 0.29) is 0 Å². The number of hydrogen-bond acceptors (Lipinski definition) is 2. The Morgan fingerprint density at radius 3 is 2.85 bits per heavy atom. The Morgan fingerprint density at radius 2 is 2.23 bits per heavy atom. The summed E-state index contributed by atoms with van der Waals surface area (Å²) in [5.41, 5.74) is 5.16. The number of primary amides is 1. The summed E-state index contributed by atoms with van der Waals surface area (Å²) in [6.07, 6.45) is 0. The third-order valence-electron chi connectivity index (χ3n) is 1.74. The molecule has 0 saturated heterocycles. The van der Waals surface area contributed by atoms with Crippen molar-refractivity contribution in [1.82, 2.24) is 0 Å². The summed E-state index contributed by atoms with van der Waals surface area (Å²) in [5.74, 6) is -0.405. The van der Waals surface area contributed by atoms with Gasteiger partial charge in [0.05, 0.1) is 14.6 Å². The second-order valence-electron chi connectivity index (χ2n) is 2.63. The fourth-order valence-electron chi connectivity index (χ4n) is 1.15. The first-order valence-corrected chi connectivity index (χ1v) is 4.86. The predicted molar refractivity (Wildman–Crippen MR) is 55.4 cm³/mol. The minimum atomic E-state index is -0.405. The Bertz CT molecular complexity index is 477. The van der Waals surface area contributed by atoms with Crippen molar-refractivity contribution in [3.63, 3.8) is 0 Å². The molecule has 13 heavy (non-hydrogen) atoms. The molecule has 1 aromatic carbocycles. The lowest BCUT2D eigenvalue weighted by Crippen LogP contribution is -2.07. The number of thiophene rings is 1. The molecule has 0 aliphatic carbocycles. The van der Waals surface area contributed by atoms with Crippen LogP contribution in [0, 0.1) is 0 Å². The van der Waals surface area contributed by atoms with Crippen LogP contribution in [0.15, 0.2) is 24.3 Å². The van der Waals surface area contributed by atoms with E-state index in [1.54, 1.807) is 12.1 Å². The van der Waals surface area contributed by atoms with Gasteiger partial charge < -0.3 is 5.73 Å². The summed E-state index contributed by atoms with van der Waals surface area (Å²) >= 11 is 7.26. The van der Waals surface area contributed by atoms with Crippen LogP contribution in [0.2, 0.25) is 5.02 Å². The second-order valence-corrected chi connectivity index (χ2v) is 4.09. The maximum absolute atomic E-state index is 10.9. The minimum absolute atomic E-state index is 0.405. The van der Waals surface area contributed by atoms with E-state index in [9.17, 15) is 4.79 Å². The molecule has 66 valence electrons. The molecule has 4 heteroatoms. The molecule has 0 bridgehead atoms. The van der Waals surface area contributed by atoms with Gasteiger partial charge in [-0.2, -0.15) is 0 Å². The average molecular weight is 212 g/mol. The largest absolute Gasteiger partial charge is 0.365 e. The first-order chi connectivity index (χ1) is 6.18. The van der Waals surface area contributed by atoms with E-state index in [0.717, 1.165) is 10.1 Å². The van der Waals surface area contributed by atoms with Crippen LogP contribution in [0.5, 0.6) is 0 Å². The summed E-state index contributed by atoms with van der Waals surface area (Å²) in [6.45, 7) is 0. The quantitative estimate of drug-likeness (QED) is 0.774. The monoisotopic (exact) mass is 211 g/mol. The molecular formula is C9H6ClNOS. The Kier molecular flexibility index (Phi) is 1.98. The number of amides is 1. The highest BCUT2D eigenvalue weighted by Crippen LogP contribution is 2.31. The average Bonchev–Trinajstić information content (AvgIpc) is 2.49. The van der Waals surface area contributed by atoms with E-state index in [0.29, 0.717) is 9.90 Å². The van der Waals surface area contributed by atoms with Gasteiger partial charge in [0.1, 0.15) is 0 Å². The van der Waals surface area contributed by atoms with Crippen LogP contribution in [0.4, 0.5) is 0 Å². The molecule has 0 fully saturated rings. The summed E-state index contributed by atoms with van der Waals surface area (Å²) in [4.78, 5) is 11.4. The normalized spacial score (nSPS) is 10.5. The molecule has 1 aromatic heterocycles. The molecule has 2 nitrogen and oxygen atoms in total. The first kappa shape index (κ1) is 8.53. The highest BCUT2D eigenvalue weighted by molar-refractivity contribution is 7.21. The van der Waals surface area contributed by atoms with Crippen molar-refractivity contribution in [2.45, 2.75) is 0 Å². The third-order valence-corrected chi connectivity index (χ3v) is 3.36. The topological polar surface area (TPSA) is 43.1 Å². The van der Waals surface area contributed by atoms with Crippen molar-refractivity contribution >= 4 is 38.9 Å². The number of carbonyl (C=O) groups is 1. The predicted octanol–water partition coefficient (Wildman–Crippen LogP) is 2.65. The smallest absolute Gasteiger partial charge is 0.258 e. The lowest BCUT2D eigenvalue weighted by molar-refractivity contribution is 0.100. The molecule has 2 N–H and O–H groups in total. The number of carbonyl (C=O) groups excluding carboxylic acids is 1. The van der Waals surface area contributed by atoms with Gasteiger partial charge in [-0.1, -0.05) is 23.7 Å². The standard InChI is InChI=1S/C9H6ClNOS/c10-6-3-1-2-5-4-7(9(11)12)13-8(5)6/h1-4H,(H2,11,12). The number of hydrogen-bond donors (Lipinski definition) is 1. The number of halogens is 1. The van der Waals surface area contributed by atoms with Crippen molar-refractivity contribution in [2.75, 3.05) is 0 Å². The van der Waals surface area contributed by atoms with Crippen LogP contribution in [0.25, 0.3) is 10.1 Å². The van der Waals surface area contributed by atoms with Gasteiger partial charge in [-0.3, -0.25) is 4.79 Å². The summed E-state index contributed by atoms with van der Waals surface area (Å²) in [7, 11) is 0. The van der Waals surface area contributed by atoms with Crippen molar-refractivity contribution in [1.29, 1.82) is 0 Å². The van der Waals surface area contributed by atoms with E-state index in [1.165, 1.54) is 11.3 Å². The van der Waals surface area contributed by atoms with Gasteiger partial charge in [-0.25, -0.2) is 0 Å². The fraction of sp³-hybridized carbons (Fsp3) is 0. The Morgan fingerprint density at radius 1 is 1.46 bits per heavy atom. The molecule has 0 aliphatic heterocycles. The van der Waals surface area contributed by atoms with Crippen LogP contribution in [0.1, 0.15) is 9.67 Å². The number of rotatable bonds is 1. The highest BCUT2D eigenvalue weighted by atomic mass is 35.5. The summed E-state index contributed by atoms with van der Waals surface area (Å²) in [5, 5.41) is 1.63. The Labute approximate surface area is 83.9 Å². The van der Waals surface area contributed by atoms with Gasteiger partial charge in [0.15, 0.2) is 0 Å². The zero-order valence-corrected chi connectivity index (χ0v) is 8.15. The van der Waals surface area contributed by atoms with Gasteiger partial charge in [0, 0.05) is 0 Å². The lowest BCUT2D eigenvalue weighted by atomic mass is 10.2. The molecule has 0 unspecified atom stereocenters. The number of nitrogens with two attached hydrogens (primary N) is 1. The maximum atomic E-state index is 10.9. The van der Waals surface area contributed by atoms with Crippen molar-refractivity contribution < 1.29 is 4.79 Å². The Hall–Kier alpha value is -1.06. The molecule has 2 aromatic rings. The minimum Gasteiger partial charge on any atom is -0.365 e. The second kappa shape index (κ2) is 3.01.